The van der Waals surface area contributed by atoms with Gasteiger partial charge < -0.3 is 20.5 Å². The lowest BCUT2D eigenvalue weighted by Crippen LogP contribution is -2.18. The SMILES string of the molecule is COCCN/C=C(/C#N)C(=O)Nc1ccccc1O. The Hall–Kier alpha value is -2.52. The van der Waals surface area contributed by atoms with Crippen LogP contribution in [0.1, 0.15) is 0 Å². The topological polar surface area (TPSA) is 94.4 Å². The largest absolute Gasteiger partial charge is 0.506 e. The normalized spacial score (nSPS) is 10.6. The van der Waals surface area contributed by atoms with E-state index in [1.165, 1.54) is 12.3 Å². The predicted octanol–water partition coefficient (Wildman–Crippen LogP) is 0.974. The summed E-state index contributed by atoms with van der Waals surface area (Å²) < 4.78 is 4.82. The van der Waals surface area contributed by atoms with Crippen molar-refractivity contribution in [2.24, 2.45) is 0 Å². The Morgan fingerprint density at radius 2 is 2.26 bits per heavy atom. The van der Waals surface area contributed by atoms with E-state index in [9.17, 15) is 9.90 Å². The number of phenols is 1. The zero-order chi connectivity index (χ0) is 14.1. The second kappa shape index (κ2) is 7.74. The summed E-state index contributed by atoms with van der Waals surface area (Å²) in [7, 11) is 1.56. The van der Waals surface area contributed by atoms with Crippen LogP contribution in [0.25, 0.3) is 0 Å². The maximum absolute atomic E-state index is 11.8. The average molecular weight is 261 g/mol. The minimum atomic E-state index is -0.589. The third kappa shape index (κ3) is 4.69. The summed E-state index contributed by atoms with van der Waals surface area (Å²) >= 11 is 0. The van der Waals surface area contributed by atoms with Gasteiger partial charge in [-0.2, -0.15) is 5.26 Å². The first-order chi connectivity index (χ1) is 9.19. The van der Waals surface area contributed by atoms with Crippen molar-refractivity contribution in [3.63, 3.8) is 0 Å². The number of carbonyl (C=O) groups is 1. The number of benzene rings is 1. The van der Waals surface area contributed by atoms with E-state index in [-0.39, 0.29) is 17.0 Å². The van der Waals surface area contributed by atoms with Crippen LogP contribution in [0, 0.1) is 11.3 Å². The van der Waals surface area contributed by atoms with Crippen LogP contribution in [0.5, 0.6) is 5.75 Å². The molecule has 0 aliphatic carbocycles. The van der Waals surface area contributed by atoms with E-state index >= 15 is 0 Å². The van der Waals surface area contributed by atoms with Gasteiger partial charge in [-0.1, -0.05) is 12.1 Å². The molecule has 0 radical (unpaired) electrons. The molecule has 0 bridgehead atoms. The molecule has 3 N–H and O–H groups in total. The fourth-order valence-electron chi connectivity index (χ4n) is 1.25. The lowest BCUT2D eigenvalue weighted by molar-refractivity contribution is -0.112. The van der Waals surface area contributed by atoms with Gasteiger partial charge in [-0.05, 0) is 12.1 Å². The van der Waals surface area contributed by atoms with Gasteiger partial charge in [0.05, 0.1) is 12.3 Å². The number of hydrogen-bond acceptors (Lipinski definition) is 5. The zero-order valence-corrected chi connectivity index (χ0v) is 10.5. The van der Waals surface area contributed by atoms with Crippen LogP contribution >= 0.6 is 0 Å². The number of phenolic OH excluding ortho intramolecular Hbond substituents is 1. The number of rotatable bonds is 6. The molecule has 0 heterocycles. The molecule has 6 nitrogen and oxygen atoms in total. The van der Waals surface area contributed by atoms with Crippen LogP contribution in [0.2, 0.25) is 0 Å². The highest BCUT2D eigenvalue weighted by molar-refractivity contribution is 6.07. The highest BCUT2D eigenvalue weighted by Gasteiger charge is 2.10. The number of nitrogens with one attached hydrogen (secondary N) is 2. The lowest BCUT2D eigenvalue weighted by atomic mass is 10.2. The Morgan fingerprint density at radius 1 is 1.53 bits per heavy atom. The first-order valence-electron chi connectivity index (χ1n) is 5.61. The van der Waals surface area contributed by atoms with Gasteiger partial charge in [0, 0.05) is 19.9 Å². The Kier molecular flexibility index (Phi) is 5.92. The maximum Gasteiger partial charge on any atom is 0.267 e. The van der Waals surface area contributed by atoms with E-state index in [0.29, 0.717) is 13.2 Å². The fraction of sp³-hybridized carbons (Fsp3) is 0.231. The van der Waals surface area contributed by atoms with Crippen molar-refractivity contribution in [1.82, 2.24) is 5.32 Å². The molecule has 0 fully saturated rings. The standard InChI is InChI=1S/C13H15N3O3/c1-19-7-6-15-9-10(8-14)13(18)16-11-4-2-3-5-12(11)17/h2-5,9,15,17H,6-7H2,1H3,(H,16,18)/b10-9-. The fourth-order valence-corrected chi connectivity index (χ4v) is 1.25. The first-order valence-corrected chi connectivity index (χ1v) is 5.61. The molecule has 0 saturated heterocycles. The minimum Gasteiger partial charge on any atom is -0.506 e. The second-order valence-corrected chi connectivity index (χ2v) is 3.59. The molecule has 0 aliphatic heterocycles. The molecule has 0 aromatic heterocycles. The molecule has 0 saturated carbocycles. The molecule has 0 unspecified atom stereocenters. The zero-order valence-electron chi connectivity index (χ0n) is 10.5. The highest BCUT2D eigenvalue weighted by Crippen LogP contribution is 2.21. The summed E-state index contributed by atoms with van der Waals surface area (Å²) in [5.74, 6) is -0.644. The number of nitriles is 1. The van der Waals surface area contributed by atoms with Crippen LogP contribution in [-0.4, -0.2) is 31.3 Å². The molecule has 0 aliphatic rings. The number of para-hydroxylation sites is 2. The Balaban J connectivity index is 2.65. The highest BCUT2D eigenvalue weighted by atomic mass is 16.5. The number of amides is 1. The first kappa shape index (κ1) is 14.5. The molecule has 1 aromatic rings. The van der Waals surface area contributed by atoms with Crippen LogP contribution < -0.4 is 10.6 Å². The van der Waals surface area contributed by atoms with Gasteiger partial charge >= 0.3 is 0 Å². The van der Waals surface area contributed by atoms with Crippen molar-refractivity contribution in [3.05, 3.63) is 36.0 Å². The van der Waals surface area contributed by atoms with Gasteiger partial charge in [0.25, 0.3) is 5.91 Å². The molecular formula is C13H15N3O3. The van der Waals surface area contributed by atoms with Crippen molar-refractivity contribution in [3.8, 4) is 11.8 Å². The molecule has 0 spiro atoms. The predicted molar refractivity (Wildman–Crippen MR) is 70.3 cm³/mol. The Morgan fingerprint density at radius 3 is 2.89 bits per heavy atom. The number of anilines is 1. The lowest BCUT2D eigenvalue weighted by Gasteiger charge is -2.06. The van der Waals surface area contributed by atoms with E-state index in [4.69, 9.17) is 10.00 Å². The molecule has 1 aromatic carbocycles. The summed E-state index contributed by atoms with van der Waals surface area (Å²) in [6.07, 6.45) is 1.31. The Bertz CT molecular complexity index is 506. The molecule has 100 valence electrons. The number of nitrogens with zero attached hydrogens (tertiary/aromatic N) is 1. The second-order valence-electron chi connectivity index (χ2n) is 3.59. The maximum atomic E-state index is 11.8. The third-order valence-corrected chi connectivity index (χ3v) is 2.21. The van der Waals surface area contributed by atoms with Gasteiger partial charge in [0.1, 0.15) is 17.4 Å². The van der Waals surface area contributed by atoms with Crippen LogP contribution in [0.4, 0.5) is 5.69 Å². The van der Waals surface area contributed by atoms with Gasteiger partial charge in [0.2, 0.25) is 0 Å². The number of hydrogen-bond donors (Lipinski definition) is 3. The molecule has 1 amide bonds. The summed E-state index contributed by atoms with van der Waals surface area (Å²) in [5.41, 5.74) is 0.171. The van der Waals surface area contributed by atoms with Crippen molar-refractivity contribution in [2.75, 3.05) is 25.6 Å². The number of carbonyl (C=O) groups excluding carboxylic acids is 1. The van der Waals surface area contributed by atoms with E-state index in [0.717, 1.165) is 0 Å². The smallest absolute Gasteiger partial charge is 0.267 e. The Labute approximate surface area is 111 Å². The summed E-state index contributed by atoms with van der Waals surface area (Å²) in [6.45, 7) is 0.960. The molecule has 19 heavy (non-hydrogen) atoms. The van der Waals surface area contributed by atoms with E-state index in [1.54, 1.807) is 31.4 Å². The van der Waals surface area contributed by atoms with E-state index < -0.39 is 5.91 Å². The number of ether oxygens (including phenoxy) is 1. The molecule has 6 heteroatoms. The average Bonchev–Trinajstić information content (AvgIpc) is 2.41. The van der Waals surface area contributed by atoms with Crippen molar-refractivity contribution in [1.29, 1.82) is 5.26 Å². The van der Waals surface area contributed by atoms with Crippen LogP contribution in [-0.2, 0) is 9.53 Å². The summed E-state index contributed by atoms with van der Waals surface area (Å²) in [4.78, 5) is 11.8. The van der Waals surface area contributed by atoms with Gasteiger partial charge in [-0.25, -0.2) is 0 Å². The summed E-state index contributed by atoms with van der Waals surface area (Å²) in [5, 5.41) is 23.6. The minimum absolute atomic E-state index is 0.0551. The van der Waals surface area contributed by atoms with Crippen molar-refractivity contribution < 1.29 is 14.6 Å². The van der Waals surface area contributed by atoms with Crippen molar-refractivity contribution in [2.45, 2.75) is 0 Å². The van der Waals surface area contributed by atoms with E-state index in [1.807, 2.05) is 0 Å². The third-order valence-electron chi connectivity index (χ3n) is 2.21. The van der Waals surface area contributed by atoms with Gasteiger partial charge in [-0.3, -0.25) is 4.79 Å². The monoisotopic (exact) mass is 261 g/mol. The molecular weight excluding hydrogens is 246 g/mol. The van der Waals surface area contributed by atoms with Gasteiger partial charge in [0.15, 0.2) is 0 Å². The molecule has 1 rings (SSSR count). The quantitative estimate of drug-likeness (QED) is 0.307. The van der Waals surface area contributed by atoms with Crippen LogP contribution in [0.15, 0.2) is 36.0 Å². The number of aromatic hydroxyl groups is 1. The van der Waals surface area contributed by atoms with Crippen molar-refractivity contribution >= 4 is 11.6 Å². The summed E-state index contributed by atoms with van der Waals surface area (Å²) in [6, 6.07) is 8.08. The van der Waals surface area contributed by atoms with E-state index in [2.05, 4.69) is 10.6 Å². The van der Waals surface area contributed by atoms with Crippen LogP contribution in [0.3, 0.4) is 0 Å². The number of methoxy groups -OCH3 is 1. The van der Waals surface area contributed by atoms with Gasteiger partial charge in [-0.15, -0.1) is 0 Å². The molecule has 0 atom stereocenters.